The normalized spacial score (nSPS) is 14.8. The molecule has 0 aromatic carbocycles. The van der Waals surface area contributed by atoms with Gasteiger partial charge in [0.15, 0.2) is 0 Å². The summed E-state index contributed by atoms with van der Waals surface area (Å²) in [5, 5.41) is 0. The second kappa shape index (κ2) is 11.5. The highest BCUT2D eigenvalue weighted by Gasteiger charge is 2.12. The molecule has 1 rings (SSSR count). The standard InChI is InChI=1S/C8H13NO.C7H12O2/c1-2-9-7-5-3-4-6-8(9)10;1-3-5-6-9-7(8)4-2/h2H,1,3-7H2;4H,2-3,5-6H2,1H3. The molecule has 0 aliphatic carbocycles. The number of unbranched alkanes of at least 4 members (excludes halogenated alkanes) is 1. The summed E-state index contributed by atoms with van der Waals surface area (Å²) in [5.41, 5.74) is 0. The third-order valence-electron chi connectivity index (χ3n) is 2.74. The molecule has 1 heterocycles. The number of rotatable bonds is 5. The molecule has 1 aliphatic rings. The second-order valence-corrected chi connectivity index (χ2v) is 4.31. The monoisotopic (exact) mass is 267 g/mol. The van der Waals surface area contributed by atoms with Gasteiger partial charge < -0.3 is 9.64 Å². The Hall–Kier alpha value is -1.58. The van der Waals surface area contributed by atoms with Gasteiger partial charge in [0.05, 0.1) is 6.61 Å². The van der Waals surface area contributed by atoms with Crippen LogP contribution >= 0.6 is 0 Å². The largest absolute Gasteiger partial charge is 0.463 e. The summed E-state index contributed by atoms with van der Waals surface area (Å²) in [7, 11) is 0. The number of ether oxygens (including phenoxy) is 1. The van der Waals surface area contributed by atoms with Gasteiger partial charge in [0.25, 0.3) is 0 Å². The van der Waals surface area contributed by atoms with Crippen molar-refractivity contribution in [3.05, 3.63) is 25.4 Å². The SMILES string of the molecule is C=CC(=O)OCCCC.C=CN1CCCCCC1=O. The van der Waals surface area contributed by atoms with Gasteiger partial charge in [-0.05, 0) is 25.5 Å². The molecule has 0 unspecified atom stereocenters. The van der Waals surface area contributed by atoms with E-state index in [1.165, 1.54) is 12.5 Å². The van der Waals surface area contributed by atoms with Crippen molar-refractivity contribution in [2.45, 2.75) is 45.4 Å². The van der Waals surface area contributed by atoms with Crippen molar-refractivity contribution in [3.63, 3.8) is 0 Å². The Balaban J connectivity index is 0.000000344. The molecule has 0 aromatic rings. The molecule has 4 nitrogen and oxygen atoms in total. The summed E-state index contributed by atoms with van der Waals surface area (Å²) in [6.07, 6.45) is 8.83. The summed E-state index contributed by atoms with van der Waals surface area (Å²) >= 11 is 0. The van der Waals surface area contributed by atoms with E-state index in [1.54, 1.807) is 11.1 Å². The minimum Gasteiger partial charge on any atom is -0.463 e. The molecule has 0 spiro atoms. The summed E-state index contributed by atoms with van der Waals surface area (Å²) in [5.74, 6) is -0.101. The molecule has 1 fully saturated rings. The van der Waals surface area contributed by atoms with Crippen LogP contribution in [0.1, 0.15) is 45.4 Å². The molecule has 0 aromatic heterocycles. The maximum Gasteiger partial charge on any atom is 0.330 e. The zero-order valence-electron chi connectivity index (χ0n) is 11.9. The van der Waals surface area contributed by atoms with Crippen molar-refractivity contribution in [2.24, 2.45) is 0 Å². The molecule has 108 valence electrons. The predicted molar refractivity (Wildman–Crippen MR) is 76.4 cm³/mol. The Bertz CT molecular complexity index is 300. The van der Waals surface area contributed by atoms with E-state index in [2.05, 4.69) is 17.9 Å². The van der Waals surface area contributed by atoms with E-state index >= 15 is 0 Å². The molecule has 0 saturated carbocycles. The van der Waals surface area contributed by atoms with E-state index < -0.39 is 0 Å². The molecule has 1 saturated heterocycles. The number of carbonyl (C=O) groups excluding carboxylic acids is 2. The van der Waals surface area contributed by atoms with Crippen molar-refractivity contribution in [3.8, 4) is 0 Å². The third-order valence-corrected chi connectivity index (χ3v) is 2.74. The lowest BCUT2D eigenvalue weighted by molar-refractivity contribution is -0.137. The van der Waals surface area contributed by atoms with Crippen molar-refractivity contribution >= 4 is 11.9 Å². The summed E-state index contributed by atoms with van der Waals surface area (Å²) in [6.45, 7) is 10.3. The van der Waals surface area contributed by atoms with Crippen molar-refractivity contribution in [2.75, 3.05) is 13.2 Å². The lowest BCUT2D eigenvalue weighted by Crippen LogP contribution is -2.23. The van der Waals surface area contributed by atoms with Gasteiger partial charge in [0.1, 0.15) is 0 Å². The van der Waals surface area contributed by atoms with E-state index in [-0.39, 0.29) is 11.9 Å². The molecule has 1 aliphatic heterocycles. The van der Waals surface area contributed by atoms with E-state index in [4.69, 9.17) is 0 Å². The minimum atomic E-state index is -0.330. The third kappa shape index (κ3) is 9.05. The number of esters is 1. The number of nitrogens with zero attached hydrogens (tertiary/aromatic N) is 1. The van der Waals surface area contributed by atoms with Crippen LogP contribution in [0.4, 0.5) is 0 Å². The number of hydrogen-bond donors (Lipinski definition) is 0. The van der Waals surface area contributed by atoms with Crippen LogP contribution in [0.3, 0.4) is 0 Å². The van der Waals surface area contributed by atoms with Crippen LogP contribution in [-0.2, 0) is 14.3 Å². The van der Waals surface area contributed by atoms with E-state index in [9.17, 15) is 9.59 Å². The summed E-state index contributed by atoms with van der Waals surface area (Å²) in [4.78, 5) is 23.2. The van der Waals surface area contributed by atoms with Crippen LogP contribution in [0.2, 0.25) is 0 Å². The topological polar surface area (TPSA) is 46.6 Å². The molecular weight excluding hydrogens is 242 g/mol. The Labute approximate surface area is 116 Å². The fraction of sp³-hybridized carbons (Fsp3) is 0.600. The molecule has 0 radical (unpaired) electrons. The molecule has 0 bridgehead atoms. The first-order chi connectivity index (χ1) is 9.15. The van der Waals surface area contributed by atoms with E-state index in [1.807, 2.05) is 6.92 Å². The van der Waals surface area contributed by atoms with Crippen LogP contribution in [0.5, 0.6) is 0 Å². The van der Waals surface area contributed by atoms with Gasteiger partial charge >= 0.3 is 5.97 Å². The number of hydrogen-bond acceptors (Lipinski definition) is 3. The highest BCUT2D eigenvalue weighted by atomic mass is 16.5. The smallest absolute Gasteiger partial charge is 0.330 e. The highest BCUT2D eigenvalue weighted by Crippen LogP contribution is 2.10. The molecular formula is C15H25NO3. The lowest BCUT2D eigenvalue weighted by Gasteiger charge is -2.13. The van der Waals surface area contributed by atoms with Crippen molar-refractivity contribution in [1.82, 2.24) is 4.90 Å². The first-order valence-corrected chi connectivity index (χ1v) is 6.86. The van der Waals surface area contributed by atoms with Crippen LogP contribution in [-0.4, -0.2) is 29.9 Å². The lowest BCUT2D eigenvalue weighted by atomic mass is 10.2. The Morgan fingerprint density at radius 2 is 2.11 bits per heavy atom. The van der Waals surface area contributed by atoms with E-state index in [0.29, 0.717) is 13.0 Å². The average molecular weight is 267 g/mol. The molecule has 4 heteroatoms. The molecule has 0 atom stereocenters. The Morgan fingerprint density at radius 3 is 2.68 bits per heavy atom. The number of amides is 1. The van der Waals surface area contributed by atoms with Crippen LogP contribution in [0.25, 0.3) is 0 Å². The van der Waals surface area contributed by atoms with Gasteiger partial charge in [-0.3, -0.25) is 4.79 Å². The quantitative estimate of drug-likeness (QED) is 0.437. The highest BCUT2D eigenvalue weighted by molar-refractivity contribution is 5.81. The first kappa shape index (κ1) is 17.4. The fourth-order valence-corrected chi connectivity index (χ4v) is 1.57. The Morgan fingerprint density at radius 1 is 1.37 bits per heavy atom. The minimum absolute atomic E-state index is 0.229. The molecule has 0 N–H and O–H groups in total. The fourth-order valence-electron chi connectivity index (χ4n) is 1.57. The average Bonchev–Trinajstić information content (AvgIpc) is 2.63. The molecule has 19 heavy (non-hydrogen) atoms. The maximum atomic E-state index is 11.1. The summed E-state index contributed by atoms with van der Waals surface area (Å²) < 4.78 is 4.67. The summed E-state index contributed by atoms with van der Waals surface area (Å²) in [6, 6.07) is 0. The Kier molecular flexibility index (Phi) is 10.6. The van der Waals surface area contributed by atoms with Gasteiger partial charge in [0, 0.05) is 19.0 Å². The van der Waals surface area contributed by atoms with Gasteiger partial charge in [0.2, 0.25) is 5.91 Å². The van der Waals surface area contributed by atoms with Crippen molar-refractivity contribution in [1.29, 1.82) is 0 Å². The van der Waals surface area contributed by atoms with Gasteiger partial charge in [-0.1, -0.05) is 32.9 Å². The van der Waals surface area contributed by atoms with Gasteiger partial charge in [-0.25, -0.2) is 4.79 Å². The van der Waals surface area contributed by atoms with Gasteiger partial charge in [-0.15, -0.1) is 0 Å². The first-order valence-electron chi connectivity index (χ1n) is 6.86. The van der Waals surface area contributed by atoms with E-state index in [0.717, 1.165) is 32.2 Å². The van der Waals surface area contributed by atoms with Gasteiger partial charge in [-0.2, -0.15) is 0 Å². The predicted octanol–water partition coefficient (Wildman–Crippen LogP) is 3.05. The zero-order valence-corrected chi connectivity index (χ0v) is 11.9. The second-order valence-electron chi connectivity index (χ2n) is 4.31. The zero-order chi connectivity index (χ0) is 14.5. The molecule has 1 amide bonds. The number of carbonyl (C=O) groups is 2. The van der Waals surface area contributed by atoms with Crippen LogP contribution in [0.15, 0.2) is 25.4 Å². The van der Waals surface area contributed by atoms with Crippen molar-refractivity contribution < 1.29 is 14.3 Å². The van der Waals surface area contributed by atoms with Crippen LogP contribution < -0.4 is 0 Å². The van der Waals surface area contributed by atoms with Crippen LogP contribution in [0, 0.1) is 0 Å². The number of likely N-dealkylation sites (tertiary alicyclic amines) is 1. The maximum absolute atomic E-state index is 11.1.